The standard InChI is InChI=1S/C17H17N3O2/c1-20-8-2-3-15(20)17-18-16(19-22-17)13-5-4-12-10-14(21)7-6-11(12)9-13/h4-7,9-10,15,21H,2-3,8H2,1H3/t15-/m0/s1. The number of nitrogens with zero attached hydrogens (tertiary/aromatic N) is 3. The molecule has 0 unspecified atom stereocenters. The van der Waals surface area contributed by atoms with E-state index in [4.69, 9.17) is 4.52 Å². The van der Waals surface area contributed by atoms with Crippen molar-refractivity contribution in [3.05, 3.63) is 42.3 Å². The van der Waals surface area contributed by atoms with E-state index < -0.39 is 0 Å². The summed E-state index contributed by atoms with van der Waals surface area (Å²) in [5.41, 5.74) is 0.925. The lowest BCUT2D eigenvalue weighted by Crippen LogP contribution is -2.17. The number of phenols is 1. The SMILES string of the molecule is CN1CCC[C@H]1c1nc(-c2ccc3cc(O)ccc3c2)no1. The lowest BCUT2D eigenvalue weighted by atomic mass is 10.1. The Hall–Kier alpha value is -2.40. The summed E-state index contributed by atoms with van der Waals surface area (Å²) in [5.74, 6) is 1.58. The van der Waals surface area contributed by atoms with Crippen LogP contribution in [0, 0.1) is 0 Å². The highest BCUT2D eigenvalue weighted by atomic mass is 16.5. The van der Waals surface area contributed by atoms with Crippen molar-refractivity contribution in [3.8, 4) is 17.1 Å². The fourth-order valence-electron chi connectivity index (χ4n) is 3.08. The van der Waals surface area contributed by atoms with Crippen molar-refractivity contribution in [2.75, 3.05) is 13.6 Å². The van der Waals surface area contributed by atoms with Crippen molar-refractivity contribution in [1.82, 2.24) is 15.0 Å². The van der Waals surface area contributed by atoms with E-state index >= 15 is 0 Å². The molecule has 1 atom stereocenters. The molecule has 1 aromatic heterocycles. The van der Waals surface area contributed by atoms with Crippen LogP contribution in [0.5, 0.6) is 5.75 Å². The quantitative estimate of drug-likeness (QED) is 0.785. The maximum Gasteiger partial charge on any atom is 0.244 e. The van der Waals surface area contributed by atoms with Gasteiger partial charge in [0.15, 0.2) is 0 Å². The monoisotopic (exact) mass is 295 g/mol. The molecule has 0 amide bonds. The number of rotatable bonds is 2. The van der Waals surface area contributed by atoms with Gasteiger partial charge in [-0.25, -0.2) is 0 Å². The number of phenolic OH excluding ortho intramolecular Hbond substituents is 1. The Labute approximate surface area is 128 Å². The summed E-state index contributed by atoms with van der Waals surface area (Å²) >= 11 is 0. The molecule has 2 aromatic carbocycles. The summed E-state index contributed by atoms with van der Waals surface area (Å²) in [6.07, 6.45) is 2.23. The second-order valence-corrected chi connectivity index (χ2v) is 5.84. The molecule has 5 nitrogen and oxygen atoms in total. The zero-order valence-corrected chi connectivity index (χ0v) is 12.4. The maximum atomic E-state index is 9.52. The lowest BCUT2D eigenvalue weighted by molar-refractivity contribution is 0.245. The van der Waals surface area contributed by atoms with Crippen molar-refractivity contribution < 1.29 is 9.63 Å². The second kappa shape index (κ2) is 5.10. The first-order valence-electron chi connectivity index (χ1n) is 7.48. The van der Waals surface area contributed by atoms with Gasteiger partial charge in [0, 0.05) is 5.56 Å². The zero-order valence-electron chi connectivity index (χ0n) is 12.4. The van der Waals surface area contributed by atoms with Crippen LogP contribution in [-0.2, 0) is 0 Å². The summed E-state index contributed by atoms with van der Waals surface area (Å²) in [4.78, 5) is 6.82. The molecule has 0 aliphatic carbocycles. The first-order valence-corrected chi connectivity index (χ1v) is 7.48. The van der Waals surface area contributed by atoms with Gasteiger partial charge < -0.3 is 9.63 Å². The van der Waals surface area contributed by atoms with Gasteiger partial charge in [-0.2, -0.15) is 4.98 Å². The van der Waals surface area contributed by atoms with Crippen LogP contribution in [0.25, 0.3) is 22.2 Å². The molecule has 1 aliphatic rings. The van der Waals surface area contributed by atoms with E-state index in [0.717, 1.165) is 29.3 Å². The first kappa shape index (κ1) is 13.3. The highest BCUT2D eigenvalue weighted by Crippen LogP contribution is 2.31. The molecule has 1 saturated heterocycles. The van der Waals surface area contributed by atoms with Crippen LogP contribution in [0.2, 0.25) is 0 Å². The van der Waals surface area contributed by atoms with Crippen LogP contribution >= 0.6 is 0 Å². The fraction of sp³-hybridized carbons (Fsp3) is 0.294. The van der Waals surface area contributed by atoms with Crippen molar-refractivity contribution in [1.29, 1.82) is 0 Å². The minimum Gasteiger partial charge on any atom is -0.508 e. The topological polar surface area (TPSA) is 62.4 Å². The third kappa shape index (κ3) is 2.23. The molecule has 0 spiro atoms. The van der Waals surface area contributed by atoms with Gasteiger partial charge in [-0.15, -0.1) is 0 Å². The van der Waals surface area contributed by atoms with Gasteiger partial charge in [-0.05, 0) is 55.4 Å². The molecule has 1 fully saturated rings. The number of hydrogen-bond donors (Lipinski definition) is 1. The fourth-order valence-corrected chi connectivity index (χ4v) is 3.08. The van der Waals surface area contributed by atoms with E-state index in [2.05, 4.69) is 22.1 Å². The van der Waals surface area contributed by atoms with Crippen LogP contribution in [0.15, 0.2) is 40.9 Å². The van der Waals surface area contributed by atoms with Crippen LogP contribution in [0.1, 0.15) is 24.8 Å². The van der Waals surface area contributed by atoms with Gasteiger partial charge in [0.1, 0.15) is 5.75 Å². The Morgan fingerprint density at radius 3 is 2.82 bits per heavy atom. The minimum atomic E-state index is 0.235. The van der Waals surface area contributed by atoms with Crippen LogP contribution in [0.3, 0.4) is 0 Å². The van der Waals surface area contributed by atoms with Crippen molar-refractivity contribution in [2.45, 2.75) is 18.9 Å². The molecule has 0 radical (unpaired) electrons. The molecule has 22 heavy (non-hydrogen) atoms. The van der Waals surface area contributed by atoms with Crippen molar-refractivity contribution in [2.24, 2.45) is 0 Å². The molecule has 0 saturated carbocycles. The van der Waals surface area contributed by atoms with Gasteiger partial charge in [0.05, 0.1) is 6.04 Å². The van der Waals surface area contributed by atoms with E-state index in [1.54, 1.807) is 12.1 Å². The lowest BCUT2D eigenvalue weighted by Gasteiger charge is -2.14. The Bertz CT molecular complexity index is 828. The van der Waals surface area contributed by atoms with Gasteiger partial charge in [0.2, 0.25) is 11.7 Å². The van der Waals surface area contributed by atoms with Crippen LogP contribution in [0.4, 0.5) is 0 Å². The van der Waals surface area contributed by atoms with Crippen LogP contribution in [-0.4, -0.2) is 33.7 Å². The predicted molar refractivity (Wildman–Crippen MR) is 83.5 cm³/mol. The van der Waals surface area contributed by atoms with Gasteiger partial charge in [-0.1, -0.05) is 23.4 Å². The molecule has 2 heterocycles. The maximum absolute atomic E-state index is 9.52. The van der Waals surface area contributed by atoms with Crippen LogP contribution < -0.4 is 0 Å². The molecule has 0 bridgehead atoms. The third-order valence-electron chi connectivity index (χ3n) is 4.33. The Kier molecular flexibility index (Phi) is 3.08. The highest BCUT2D eigenvalue weighted by Gasteiger charge is 2.27. The summed E-state index contributed by atoms with van der Waals surface area (Å²) in [6, 6.07) is 11.5. The summed E-state index contributed by atoms with van der Waals surface area (Å²) in [7, 11) is 2.09. The molecule has 3 aromatic rings. The molecule has 1 aliphatic heterocycles. The summed E-state index contributed by atoms with van der Waals surface area (Å²) < 4.78 is 5.46. The van der Waals surface area contributed by atoms with Crippen molar-refractivity contribution in [3.63, 3.8) is 0 Å². The Morgan fingerprint density at radius 2 is 2.00 bits per heavy atom. The normalized spacial score (nSPS) is 19.0. The van der Waals surface area contributed by atoms with E-state index in [0.29, 0.717) is 11.7 Å². The molecule has 1 N–H and O–H groups in total. The van der Waals surface area contributed by atoms with Crippen molar-refractivity contribution >= 4 is 10.8 Å². The Morgan fingerprint density at radius 1 is 1.18 bits per heavy atom. The third-order valence-corrected chi connectivity index (χ3v) is 4.33. The average Bonchev–Trinajstić information content (AvgIpc) is 3.15. The molecule has 112 valence electrons. The molecule has 5 heteroatoms. The van der Waals surface area contributed by atoms with Gasteiger partial charge in [-0.3, -0.25) is 4.90 Å². The average molecular weight is 295 g/mol. The Balaban J connectivity index is 1.70. The number of hydrogen-bond acceptors (Lipinski definition) is 5. The molecular weight excluding hydrogens is 278 g/mol. The summed E-state index contributed by atoms with van der Waals surface area (Å²) in [5, 5.41) is 15.7. The highest BCUT2D eigenvalue weighted by molar-refractivity contribution is 5.87. The first-order chi connectivity index (χ1) is 10.7. The number of aromatic hydroxyl groups is 1. The molecule has 4 rings (SSSR count). The number of benzene rings is 2. The van der Waals surface area contributed by atoms with E-state index in [1.165, 1.54) is 6.42 Å². The second-order valence-electron chi connectivity index (χ2n) is 5.84. The smallest absolute Gasteiger partial charge is 0.244 e. The van der Waals surface area contributed by atoms with E-state index in [9.17, 15) is 5.11 Å². The van der Waals surface area contributed by atoms with Gasteiger partial charge in [0.25, 0.3) is 0 Å². The number of likely N-dealkylation sites (tertiary alicyclic amines) is 1. The molecular formula is C17H17N3O2. The van der Waals surface area contributed by atoms with Gasteiger partial charge >= 0.3 is 0 Å². The number of aromatic nitrogens is 2. The minimum absolute atomic E-state index is 0.235. The largest absolute Gasteiger partial charge is 0.508 e. The predicted octanol–water partition coefficient (Wildman–Crippen LogP) is 3.36. The zero-order chi connectivity index (χ0) is 15.1. The van der Waals surface area contributed by atoms with E-state index in [1.807, 2.05) is 24.3 Å². The number of fused-ring (bicyclic) bond motifs is 1. The summed E-state index contributed by atoms with van der Waals surface area (Å²) in [6.45, 7) is 1.07. The van der Waals surface area contributed by atoms with E-state index in [-0.39, 0.29) is 11.8 Å².